The Bertz CT molecular complexity index is 768. The van der Waals surface area contributed by atoms with Crippen LogP contribution in [0.25, 0.3) is 11.0 Å². The van der Waals surface area contributed by atoms with Crippen LogP contribution in [0.2, 0.25) is 0 Å². The number of alkyl halides is 1. The van der Waals surface area contributed by atoms with E-state index >= 15 is 0 Å². The molecule has 0 radical (unpaired) electrons. The summed E-state index contributed by atoms with van der Waals surface area (Å²) in [6.07, 6.45) is 0.0772. The van der Waals surface area contributed by atoms with Crippen LogP contribution < -0.4 is 5.73 Å². The number of nitrogens with two attached hydrogens (primary N) is 1. The Kier molecular flexibility index (Phi) is 3.39. The van der Waals surface area contributed by atoms with Gasteiger partial charge in [-0.2, -0.15) is 0 Å². The largest absolute Gasteiger partial charge is 0.463 e. The Morgan fingerprint density at radius 3 is 2.68 bits per heavy atom. The number of halogens is 1. The highest BCUT2D eigenvalue weighted by atomic mass is 19.1. The molecule has 22 heavy (non-hydrogen) atoms. The molecule has 1 saturated heterocycles. The third kappa shape index (κ3) is 2.24. The van der Waals surface area contributed by atoms with Gasteiger partial charge in [-0.05, 0) is 37.1 Å². The Morgan fingerprint density at radius 1 is 1.32 bits per heavy atom. The number of fused-ring (bicyclic) bond motifs is 1. The standard InChI is InChI=1S/C16H17FN2O3/c1-8-3-11-12(7-22-14(11)4-9(8)2)16(21)19-6-10(17)5-13(19)15(18)20/h3-4,7,10,13H,5-6H2,1-2H3,(H2,18,20)/t10-,13+/m1/s1. The summed E-state index contributed by atoms with van der Waals surface area (Å²) in [5, 5.41) is 0.665. The number of amides is 2. The van der Waals surface area contributed by atoms with Gasteiger partial charge in [0.2, 0.25) is 5.91 Å². The Hall–Kier alpha value is -2.37. The van der Waals surface area contributed by atoms with E-state index in [1.807, 2.05) is 26.0 Å². The van der Waals surface area contributed by atoms with Gasteiger partial charge in [-0.15, -0.1) is 0 Å². The van der Waals surface area contributed by atoms with Crippen molar-refractivity contribution in [1.29, 1.82) is 0 Å². The number of benzene rings is 1. The molecular formula is C16H17FN2O3. The van der Waals surface area contributed by atoms with Crippen molar-refractivity contribution in [3.63, 3.8) is 0 Å². The lowest BCUT2D eigenvalue weighted by molar-refractivity contribution is -0.121. The molecular weight excluding hydrogens is 287 g/mol. The summed E-state index contributed by atoms with van der Waals surface area (Å²) in [5.74, 6) is -1.11. The van der Waals surface area contributed by atoms with E-state index in [4.69, 9.17) is 10.2 Å². The monoisotopic (exact) mass is 304 g/mol. The predicted octanol–water partition coefficient (Wildman–Crippen LogP) is 2.09. The van der Waals surface area contributed by atoms with Crippen LogP contribution in [0.15, 0.2) is 22.8 Å². The van der Waals surface area contributed by atoms with E-state index in [0.717, 1.165) is 11.1 Å². The van der Waals surface area contributed by atoms with Gasteiger partial charge in [-0.3, -0.25) is 9.59 Å². The van der Waals surface area contributed by atoms with Gasteiger partial charge in [0.05, 0.1) is 12.1 Å². The highest BCUT2D eigenvalue weighted by Crippen LogP contribution is 2.29. The smallest absolute Gasteiger partial charge is 0.258 e. The Labute approximate surface area is 126 Å². The molecule has 2 atom stereocenters. The minimum atomic E-state index is -1.23. The number of nitrogens with zero attached hydrogens (tertiary/aromatic N) is 1. The summed E-state index contributed by atoms with van der Waals surface area (Å²) >= 11 is 0. The molecule has 1 aromatic heterocycles. The van der Waals surface area contributed by atoms with Crippen LogP contribution in [0.3, 0.4) is 0 Å². The van der Waals surface area contributed by atoms with Gasteiger partial charge in [0.15, 0.2) is 0 Å². The van der Waals surface area contributed by atoms with Gasteiger partial charge >= 0.3 is 0 Å². The molecule has 1 fully saturated rings. The van der Waals surface area contributed by atoms with Crippen molar-refractivity contribution in [1.82, 2.24) is 4.90 Å². The molecule has 0 bridgehead atoms. The van der Waals surface area contributed by atoms with Gasteiger partial charge in [0.1, 0.15) is 24.1 Å². The van der Waals surface area contributed by atoms with Gasteiger partial charge in [0.25, 0.3) is 5.91 Å². The normalized spacial score (nSPS) is 21.5. The topological polar surface area (TPSA) is 76.5 Å². The second kappa shape index (κ2) is 5.12. The minimum Gasteiger partial charge on any atom is -0.463 e. The van der Waals surface area contributed by atoms with E-state index in [9.17, 15) is 14.0 Å². The molecule has 1 aliphatic heterocycles. The molecule has 2 amide bonds. The first-order valence-corrected chi connectivity index (χ1v) is 7.11. The summed E-state index contributed by atoms with van der Waals surface area (Å²) in [5.41, 5.74) is 8.29. The lowest BCUT2D eigenvalue weighted by Gasteiger charge is -2.21. The van der Waals surface area contributed by atoms with Crippen LogP contribution in [-0.2, 0) is 4.79 Å². The Balaban J connectivity index is 2.02. The van der Waals surface area contributed by atoms with Crippen molar-refractivity contribution < 1.29 is 18.4 Å². The number of primary amides is 1. The van der Waals surface area contributed by atoms with Gasteiger partial charge < -0.3 is 15.1 Å². The number of hydrogen-bond acceptors (Lipinski definition) is 3. The molecule has 0 spiro atoms. The predicted molar refractivity (Wildman–Crippen MR) is 79.2 cm³/mol. The lowest BCUT2D eigenvalue weighted by Crippen LogP contribution is -2.43. The number of furan rings is 1. The lowest BCUT2D eigenvalue weighted by atomic mass is 10.0. The second-order valence-corrected chi connectivity index (χ2v) is 5.79. The summed E-state index contributed by atoms with van der Waals surface area (Å²) in [4.78, 5) is 25.3. The van der Waals surface area contributed by atoms with Crippen LogP contribution in [-0.4, -0.2) is 35.5 Å². The van der Waals surface area contributed by atoms with Gasteiger partial charge in [0, 0.05) is 11.8 Å². The molecule has 0 unspecified atom stereocenters. The molecule has 1 aliphatic rings. The quantitative estimate of drug-likeness (QED) is 0.923. The first kappa shape index (κ1) is 14.6. The SMILES string of the molecule is Cc1cc2occ(C(=O)N3C[C@H](F)C[C@H]3C(N)=O)c2cc1C. The summed E-state index contributed by atoms with van der Waals surface area (Å²) < 4.78 is 19.0. The van der Waals surface area contributed by atoms with Crippen molar-refractivity contribution in [3.8, 4) is 0 Å². The van der Waals surface area contributed by atoms with E-state index in [1.165, 1.54) is 11.2 Å². The molecule has 2 aromatic rings. The fraction of sp³-hybridized carbons (Fsp3) is 0.375. The minimum absolute atomic E-state index is 0.0466. The zero-order valence-electron chi connectivity index (χ0n) is 12.4. The first-order chi connectivity index (χ1) is 10.4. The zero-order chi connectivity index (χ0) is 16.0. The number of aryl methyl sites for hydroxylation is 2. The number of hydrogen-bond donors (Lipinski definition) is 1. The molecule has 3 rings (SSSR count). The van der Waals surface area contributed by atoms with E-state index in [1.54, 1.807) is 0 Å². The fourth-order valence-corrected chi connectivity index (χ4v) is 2.88. The van der Waals surface area contributed by atoms with Gasteiger partial charge in [-0.1, -0.05) is 0 Å². The maximum atomic E-state index is 13.6. The summed E-state index contributed by atoms with van der Waals surface area (Å²) in [6, 6.07) is 2.82. The van der Waals surface area contributed by atoms with Crippen LogP contribution in [0.4, 0.5) is 4.39 Å². The number of carbonyl (C=O) groups excluding carboxylic acids is 2. The average Bonchev–Trinajstić information content (AvgIpc) is 3.02. The third-order valence-electron chi connectivity index (χ3n) is 4.26. The molecule has 1 aromatic carbocycles. The second-order valence-electron chi connectivity index (χ2n) is 5.79. The molecule has 2 heterocycles. The van der Waals surface area contributed by atoms with E-state index in [0.29, 0.717) is 16.5 Å². The van der Waals surface area contributed by atoms with Gasteiger partial charge in [-0.25, -0.2) is 4.39 Å². The van der Waals surface area contributed by atoms with Crippen molar-refractivity contribution in [3.05, 3.63) is 35.1 Å². The number of rotatable bonds is 2. The van der Waals surface area contributed by atoms with Crippen molar-refractivity contribution in [2.24, 2.45) is 5.73 Å². The van der Waals surface area contributed by atoms with Crippen LogP contribution in [0, 0.1) is 13.8 Å². The zero-order valence-corrected chi connectivity index (χ0v) is 12.4. The molecule has 116 valence electrons. The maximum absolute atomic E-state index is 13.6. The molecule has 2 N–H and O–H groups in total. The number of likely N-dealkylation sites (tertiary alicyclic amines) is 1. The van der Waals surface area contributed by atoms with Crippen LogP contribution in [0.5, 0.6) is 0 Å². The summed E-state index contributed by atoms with van der Waals surface area (Å²) in [6.45, 7) is 3.77. The average molecular weight is 304 g/mol. The van der Waals surface area contributed by atoms with Crippen molar-refractivity contribution in [2.75, 3.05) is 6.54 Å². The van der Waals surface area contributed by atoms with Crippen LogP contribution in [0.1, 0.15) is 27.9 Å². The van der Waals surface area contributed by atoms with Crippen LogP contribution >= 0.6 is 0 Å². The highest BCUT2D eigenvalue weighted by Gasteiger charge is 2.39. The van der Waals surface area contributed by atoms with Crippen molar-refractivity contribution in [2.45, 2.75) is 32.5 Å². The molecule has 0 aliphatic carbocycles. The molecule has 0 saturated carbocycles. The highest BCUT2D eigenvalue weighted by molar-refractivity contribution is 6.07. The third-order valence-corrected chi connectivity index (χ3v) is 4.26. The van der Waals surface area contributed by atoms with E-state index in [2.05, 4.69) is 0 Å². The van der Waals surface area contributed by atoms with E-state index < -0.39 is 24.0 Å². The Morgan fingerprint density at radius 2 is 2.00 bits per heavy atom. The molecule has 5 nitrogen and oxygen atoms in total. The molecule has 6 heteroatoms. The maximum Gasteiger partial charge on any atom is 0.258 e. The number of carbonyl (C=O) groups is 2. The fourth-order valence-electron chi connectivity index (χ4n) is 2.88. The van der Waals surface area contributed by atoms with E-state index in [-0.39, 0.29) is 13.0 Å². The summed E-state index contributed by atoms with van der Waals surface area (Å²) in [7, 11) is 0. The first-order valence-electron chi connectivity index (χ1n) is 7.11. The van der Waals surface area contributed by atoms with Crippen molar-refractivity contribution >= 4 is 22.8 Å².